The van der Waals surface area contributed by atoms with Crippen LogP contribution in [0, 0.1) is 0 Å². The number of carbonyl (C=O) groups excluding carboxylic acids is 1. The first kappa shape index (κ1) is 15.8. The molecule has 1 aromatic rings. The van der Waals surface area contributed by atoms with Crippen molar-refractivity contribution in [1.29, 1.82) is 0 Å². The van der Waals surface area contributed by atoms with Crippen LogP contribution in [0.3, 0.4) is 0 Å². The molecule has 1 fully saturated rings. The Hall–Kier alpha value is -2.12. The zero-order chi connectivity index (χ0) is 15.9. The van der Waals surface area contributed by atoms with Crippen molar-refractivity contribution in [3.63, 3.8) is 0 Å². The first-order valence-electron chi connectivity index (χ1n) is 7.94. The lowest BCUT2D eigenvalue weighted by Gasteiger charge is -2.23. The molecule has 0 atom stereocenters. The number of benzene rings is 1. The van der Waals surface area contributed by atoms with Crippen LogP contribution in [0.25, 0.3) is 0 Å². The van der Waals surface area contributed by atoms with Crippen LogP contribution >= 0.6 is 0 Å². The third-order valence-electron chi connectivity index (χ3n) is 3.87. The van der Waals surface area contributed by atoms with Gasteiger partial charge < -0.3 is 19.1 Å². The van der Waals surface area contributed by atoms with Crippen LogP contribution in [0.2, 0.25) is 0 Å². The maximum atomic E-state index is 11.8. The van der Waals surface area contributed by atoms with Crippen molar-refractivity contribution < 1.29 is 23.9 Å². The summed E-state index contributed by atoms with van der Waals surface area (Å²) in [7, 11) is 0. The van der Waals surface area contributed by atoms with Crippen molar-refractivity contribution in [3.8, 4) is 11.5 Å². The highest BCUT2D eigenvalue weighted by atomic mass is 16.6. The van der Waals surface area contributed by atoms with Crippen molar-refractivity contribution in [2.75, 3.05) is 46.1 Å². The van der Waals surface area contributed by atoms with E-state index in [0.29, 0.717) is 25.4 Å². The van der Waals surface area contributed by atoms with E-state index in [1.165, 1.54) is 4.90 Å². The summed E-state index contributed by atoms with van der Waals surface area (Å²) in [4.78, 5) is 13.2. The molecule has 1 amide bonds. The van der Waals surface area contributed by atoms with Crippen LogP contribution in [-0.2, 0) is 9.53 Å². The fraction of sp³-hybridized carbons (Fsp3) is 0.500. The molecule has 3 rings (SSSR count). The third-order valence-corrected chi connectivity index (χ3v) is 3.87. The monoisotopic (exact) mass is 320 g/mol. The Morgan fingerprint density at radius 1 is 1.17 bits per heavy atom. The van der Waals surface area contributed by atoms with Gasteiger partial charge in [0.15, 0.2) is 11.5 Å². The molecule has 2 aliphatic heterocycles. The second-order valence-corrected chi connectivity index (χ2v) is 5.56. The SMILES string of the molecule is O=C(CC[NH+]1CCOCC1)N/N=C\c1ccc2c(c1)OCCO2. The number of carbonyl (C=O) groups is 1. The molecule has 0 spiro atoms. The van der Waals surface area contributed by atoms with Gasteiger partial charge in [0.25, 0.3) is 0 Å². The minimum atomic E-state index is -0.0715. The minimum absolute atomic E-state index is 0.0715. The molecular weight excluding hydrogens is 298 g/mol. The van der Waals surface area contributed by atoms with E-state index in [9.17, 15) is 4.79 Å². The standard InChI is InChI=1S/C16H21N3O4/c20-16(3-4-19-5-7-21-8-6-19)18-17-12-13-1-2-14-15(11-13)23-10-9-22-14/h1-2,11-12H,3-10H2,(H,18,20)/p+1/b17-12-. The zero-order valence-corrected chi connectivity index (χ0v) is 13.0. The Morgan fingerprint density at radius 3 is 2.78 bits per heavy atom. The first-order valence-corrected chi connectivity index (χ1v) is 7.94. The number of nitrogens with one attached hydrogen (secondary N) is 2. The third kappa shape index (κ3) is 4.67. The van der Waals surface area contributed by atoms with E-state index in [1.807, 2.05) is 18.2 Å². The minimum Gasteiger partial charge on any atom is -0.486 e. The van der Waals surface area contributed by atoms with Crippen LogP contribution in [0.4, 0.5) is 0 Å². The van der Waals surface area contributed by atoms with Crippen LogP contribution in [0.15, 0.2) is 23.3 Å². The Morgan fingerprint density at radius 2 is 1.96 bits per heavy atom. The van der Waals surface area contributed by atoms with Crippen LogP contribution in [0.5, 0.6) is 11.5 Å². The van der Waals surface area contributed by atoms with Crippen molar-refractivity contribution in [3.05, 3.63) is 23.8 Å². The molecule has 7 heteroatoms. The molecule has 23 heavy (non-hydrogen) atoms. The van der Waals surface area contributed by atoms with E-state index in [1.54, 1.807) is 6.21 Å². The van der Waals surface area contributed by atoms with Gasteiger partial charge in [-0.2, -0.15) is 5.10 Å². The molecule has 0 saturated carbocycles. The second-order valence-electron chi connectivity index (χ2n) is 5.56. The zero-order valence-electron chi connectivity index (χ0n) is 13.0. The Labute approximate surface area is 135 Å². The number of morpholine rings is 1. The Bertz CT molecular complexity index is 570. The molecule has 0 aromatic heterocycles. The summed E-state index contributed by atoms with van der Waals surface area (Å²) in [5.74, 6) is 1.38. The van der Waals surface area contributed by atoms with E-state index < -0.39 is 0 Å². The second kappa shape index (κ2) is 7.94. The van der Waals surface area contributed by atoms with Crippen LogP contribution in [-0.4, -0.2) is 58.2 Å². The van der Waals surface area contributed by atoms with Gasteiger partial charge in [-0.1, -0.05) is 0 Å². The average Bonchev–Trinajstić information content (AvgIpc) is 2.61. The smallest absolute Gasteiger partial charge is 0.245 e. The lowest BCUT2D eigenvalue weighted by Crippen LogP contribution is -3.14. The Balaban J connectivity index is 1.43. The highest BCUT2D eigenvalue weighted by Crippen LogP contribution is 2.30. The number of nitrogens with zero attached hydrogens (tertiary/aromatic N) is 1. The largest absolute Gasteiger partial charge is 0.486 e. The van der Waals surface area contributed by atoms with Crippen LogP contribution in [0.1, 0.15) is 12.0 Å². The molecule has 0 radical (unpaired) electrons. The van der Waals surface area contributed by atoms with E-state index in [0.717, 1.165) is 44.2 Å². The number of quaternary nitrogens is 1. The van der Waals surface area contributed by atoms with Crippen molar-refractivity contribution in [2.45, 2.75) is 6.42 Å². The summed E-state index contributed by atoms with van der Waals surface area (Å²) >= 11 is 0. The fourth-order valence-corrected chi connectivity index (χ4v) is 2.58. The first-order chi connectivity index (χ1) is 11.3. The van der Waals surface area contributed by atoms with E-state index in [-0.39, 0.29) is 5.91 Å². The number of fused-ring (bicyclic) bond motifs is 1. The molecule has 1 saturated heterocycles. The van der Waals surface area contributed by atoms with Gasteiger partial charge >= 0.3 is 0 Å². The quantitative estimate of drug-likeness (QED) is 0.551. The predicted molar refractivity (Wildman–Crippen MR) is 84.2 cm³/mol. The van der Waals surface area contributed by atoms with E-state index in [4.69, 9.17) is 14.2 Å². The van der Waals surface area contributed by atoms with Gasteiger partial charge in [-0.05, 0) is 23.8 Å². The molecule has 2 N–H and O–H groups in total. The lowest BCUT2D eigenvalue weighted by molar-refractivity contribution is -0.907. The highest BCUT2D eigenvalue weighted by Gasteiger charge is 2.15. The number of hydrogen-bond acceptors (Lipinski definition) is 5. The summed E-state index contributed by atoms with van der Waals surface area (Å²) in [6.45, 7) is 5.42. The summed E-state index contributed by atoms with van der Waals surface area (Å²) in [5.41, 5.74) is 3.42. The van der Waals surface area contributed by atoms with E-state index >= 15 is 0 Å². The molecule has 1 aromatic carbocycles. The molecular formula is C16H22N3O4+. The topological polar surface area (TPSA) is 73.6 Å². The van der Waals surface area contributed by atoms with Gasteiger partial charge in [0.1, 0.15) is 26.3 Å². The molecule has 7 nitrogen and oxygen atoms in total. The summed E-state index contributed by atoms with van der Waals surface area (Å²) < 4.78 is 16.3. The van der Waals surface area contributed by atoms with Crippen LogP contribution < -0.4 is 19.8 Å². The maximum absolute atomic E-state index is 11.8. The number of hydrogen-bond donors (Lipinski definition) is 2. The van der Waals surface area contributed by atoms with Gasteiger partial charge in [0, 0.05) is 0 Å². The van der Waals surface area contributed by atoms with Crippen molar-refractivity contribution >= 4 is 12.1 Å². The molecule has 2 aliphatic rings. The maximum Gasteiger partial charge on any atom is 0.245 e. The molecule has 0 aliphatic carbocycles. The number of amides is 1. The summed E-state index contributed by atoms with van der Waals surface area (Å²) in [6, 6.07) is 5.57. The highest BCUT2D eigenvalue weighted by molar-refractivity contribution is 5.83. The molecule has 0 unspecified atom stereocenters. The number of rotatable bonds is 5. The molecule has 0 bridgehead atoms. The van der Waals surface area contributed by atoms with Crippen molar-refractivity contribution in [1.82, 2.24) is 5.43 Å². The van der Waals surface area contributed by atoms with Crippen molar-refractivity contribution in [2.24, 2.45) is 5.10 Å². The molecule has 124 valence electrons. The number of hydrazone groups is 1. The van der Waals surface area contributed by atoms with Gasteiger partial charge in [-0.25, -0.2) is 5.43 Å². The number of ether oxygens (including phenoxy) is 3. The fourth-order valence-electron chi connectivity index (χ4n) is 2.58. The van der Waals surface area contributed by atoms with Gasteiger partial charge in [0.2, 0.25) is 5.91 Å². The predicted octanol–water partition coefficient (Wildman–Crippen LogP) is -0.787. The summed E-state index contributed by atoms with van der Waals surface area (Å²) in [5, 5.41) is 4.00. The summed E-state index contributed by atoms with van der Waals surface area (Å²) in [6.07, 6.45) is 2.07. The lowest BCUT2D eigenvalue weighted by atomic mass is 10.2. The van der Waals surface area contributed by atoms with E-state index in [2.05, 4.69) is 10.5 Å². The van der Waals surface area contributed by atoms with Gasteiger partial charge in [-0.15, -0.1) is 0 Å². The van der Waals surface area contributed by atoms with Gasteiger partial charge in [-0.3, -0.25) is 4.79 Å². The Kier molecular flexibility index (Phi) is 5.44. The molecule has 2 heterocycles. The normalized spacial score (nSPS) is 18.1. The van der Waals surface area contributed by atoms with Gasteiger partial charge in [0.05, 0.1) is 32.4 Å². The average molecular weight is 320 g/mol.